The van der Waals surface area contributed by atoms with Crippen LogP contribution in [0.15, 0.2) is 17.4 Å². The van der Waals surface area contributed by atoms with Gasteiger partial charge in [-0.25, -0.2) is 38.6 Å². The summed E-state index contributed by atoms with van der Waals surface area (Å²) in [7, 11) is -5.87. The SMILES string of the molecule is [C-]#[N+]/C(C#N)=c1/c2c(/c(=C(\C#N)[N+]#[C-])c3c1-c1nc(C)cnc1C3)-c1nc(S(=O)(=O)C(F)(F)F)cnc1C2. The summed E-state index contributed by atoms with van der Waals surface area (Å²) in [4.78, 5) is 23.2. The number of benzene rings is 1. The third kappa shape index (κ3) is 3.25. The number of sulfone groups is 1. The van der Waals surface area contributed by atoms with Crippen LogP contribution in [0.4, 0.5) is 13.2 Å². The molecule has 0 N–H and O–H groups in total. The van der Waals surface area contributed by atoms with Crippen LogP contribution in [0.1, 0.15) is 28.2 Å². The molecule has 2 aromatic heterocycles. The Balaban J connectivity index is 2.05. The molecule has 0 atom stereocenters. The molecular weight excluding hydrogens is 521 g/mol. The molecule has 1 aromatic carbocycles. The van der Waals surface area contributed by atoms with Crippen molar-refractivity contribution in [2.45, 2.75) is 30.3 Å². The molecule has 184 valence electrons. The molecular formula is C24H9F3N8O2S. The number of nitrogens with zero attached hydrogens (tertiary/aromatic N) is 8. The van der Waals surface area contributed by atoms with E-state index in [0.29, 0.717) is 34.4 Å². The molecule has 0 saturated heterocycles. The Kier molecular flexibility index (Phi) is 5.27. The van der Waals surface area contributed by atoms with Crippen LogP contribution in [0.3, 0.4) is 0 Å². The van der Waals surface area contributed by atoms with Gasteiger partial charge >= 0.3 is 5.51 Å². The number of nitriles is 2. The van der Waals surface area contributed by atoms with E-state index in [9.17, 15) is 32.1 Å². The predicted octanol–water partition coefficient (Wildman–Crippen LogP) is 2.11. The predicted molar refractivity (Wildman–Crippen MR) is 123 cm³/mol. The van der Waals surface area contributed by atoms with Crippen molar-refractivity contribution in [1.29, 1.82) is 10.5 Å². The first-order chi connectivity index (χ1) is 18.0. The third-order valence-corrected chi connectivity index (χ3v) is 7.51. The first-order valence-electron chi connectivity index (χ1n) is 10.5. The first kappa shape index (κ1) is 24.5. The molecule has 38 heavy (non-hydrogen) atoms. The Morgan fingerprint density at radius 3 is 1.84 bits per heavy atom. The number of alkyl halides is 3. The molecule has 0 bridgehead atoms. The van der Waals surface area contributed by atoms with E-state index in [1.165, 1.54) is 6.20 Å². The molecule has 5 rings (SSSR count). The Morgan fingerprint density at radius 1 is 0.921 bits per heavy atom. The maximum atomic E-state index is 13.3. The number of hydrogen-bond donors (Lipinski definition) is 0. The second kappa shape index (κ2) is 8.17. The molecule has 0 unspecified atom stereocenters. The summed E-state index contributed by atoms with van der Waals surface area (Å²) in [5, 5.41) is 18.3. The van der Waals surface area contributed by atoms with E-state index >= 15 is 0 Å². The number of hydrogen-bond acceptors (Lipinski definition) is 8. The van der Waals surface area contributed by atoms with Gasteiger partial charge in [0.25, 0.3) is 21.2 Å². The Morgan fingerprint density at radius 2 is 1.39 bits per heavy atom. The summed E-state index contributed by atoms with van der Waals surface area (Å²) in [6, 6.07) is 3.61. The molecule has 10 nitrogen and oxygen atoms in total. The van der Waals surface area contributed by atoms with Crippen LogP contribution in [0.25, 0.3) is 43.6 Å². The summed E-state index contributed by atoms with van der Waals surface area (Å²) in [5.74, 6) is 0. The zero-order valence-corrected chi connectivity index (χ0v) is 19.8. The zero-order chi connectivity index (χ0) is 27.6. The number of halogens is 3. The number of rotatable bonds is 1. The molecule has 14 heteroatoms. The number of aromatic nitrogens is 4. The lowest BCUT2D eigenvalue weighted by molar-refractivity contribution is -0.0438. The molecule has 2 aliphatic carbocycles. The standard InChI is InChI=1S/C24H9F3N8O2S/c1-10-8-32-13-4-11-19(16(7-29)31-3)21-12(18(15(6-28)30-2)20(11)22(13)34-10)5-14-23(21)35-17(9-33-14)38(36,37)24(25,26)27/h8-9H,4-5H2,1H3/b18-15-,19-16+. The first-order valence-corrected chi connectivity index (χ1v) is 12.0. The zero-order valence-electron chi connectivity index (χ0n) is 19.0. The fraction of sp³-hybridized carbons (Fsp3) is 0.167. The smallest absolute Gasteiger partial charge is 0.257 e. The van der Waals surface area contributed by atoms with Crippen molar-refractivity contribution >= 4 is 21.2 Å². The van der Waals surface area contributed by atoms with Crippen LogP contribution in [0, 0.1) is 42.7 Å². The molecule has 0 radical (unpaired) electrons. The van der Waals surface area contributed by atoms with Gasteiger partial charge < -0.3 is 0 Å². The van der Waals surface area contributed by atoms with Crippen molar-refractivity contribution in [3.05, 3.63) is 73.9 Å². The lowest BCUT2D eigenvalue weighted by atomic mass is 9.92. The maximum absolute atomic E-state index is 13.3. The molecule has 0 saturated carbocycles. The van der Waals surface area contributed by atoms with Gasteiger partial charge in [-0.1, -0.05) is 0 Å². The van der Waals surface area contributed by atoms with Gasteiger partial charge in [-0.15, -0.1) is 0 Å². The molecule has 0 spiro atoms. The van der Waals surface area contributed by atoms with Crippen molar-refractivity contribution in [3.8, 4) is 34.7 Å². The Hall–Kier alpha value is -5.18. The third-order valence-electron chi connectivity index (χ3n) is 6.15. The van der Waals surface area contributed by atoms with Crippen LogP contribution in [0.5, 0.6) is 0 Å². The van der Waals surface area contributed by atoms with E-state index in [1.807, 2.05) is 6.07 Å². The molecule has 2 heterocycles. The van der Waals surface area contributed by atoms with Crippen molar-refractivity contribution in [2.75, 3.05) is 0 Å². The van der Waals surface area contributed by atoms with Crippen molar-refractivity contribution in [2.24, 2.45) is 0 Å². The highest BCUT2D eigenvalue weighted by atomic mass is 32.2. The topological polar surface area (TPSA) is 142 Å². The molecule has 3 aromatic rings. The summed E-state index contributed by atoms with van der Waals surface area (Å²) >= 11 is 0. The summed E-state index contributed by atoms with van der Waals surface area (Å²) in [5.41, 5.74) is -4.55. The minimum Gasteiger partial charge on any atom is -0.257 e. The molecule has 2 aliphatic rings. The molecule has 0 aliphatic heterocycles. The lowest BCUT2D eigenvalue weighted by Gasteiger charge is -2.13. The summed E-state index contributed by atoms with van der Waals surface area (Å²) in [6.07, 6.45) is 1.87. The van der Waals surface area contributed by atoms with Crippen LogP contribution in [0.2, 0.25) is 0 Å². The van der Waals surface area contributed by atoms with Crippen LogP contribution in [-0.2, 0) is 22.7 Å². The van der Waals surface area contributed by atoms with E-state index < -0.39 is 26.1 Å². The monoisotopic (exact) mass is 530 g/mol. The van der Waals surface area contributed by atoms with Gasteiger partial charge in [0.15, 0.2) is 5.03 Å². The number of fused-ring (bicyclic) bond motifs is 6. The minimum absolute atomic E-state index is 0.00517. The van der Waals surface area contributed by atoms with Crippen LogP contribution in [-0.4, -0.2) is 33.9 Å². The average molecular weight is 530 g/mol. The highest BCUT2D eigenvalue weighted by Crippen LogP contribution is 2.39. The highest BCUT2D eigenvalue weighted by Gasteiger charge is 2.49. The van der Waals surface area contributed by atoms with E-state index in [1.54, 1.807) is 13.0 Å². The fourth-order valence-corrected chi connectivity index (χ4v) is 5.31. The van der Waals surface area contributed by atoms with Crippen molar-refractivity contribution < 1.29 is 21.6 Å². The second-order valence-electron chi connectivity index (χ2n) is 8.21. The largest absolute Gasteiger partial charge is 0.503 e. The van der Waals surface area contributed by atoms with E-state index in [2.05, 4.69) is 29.6 Å². The lowest BCUT2D eigenvalue weighted by Crippen LogP contribution is -2.26. The molecule has 0 fully saturated rings. The van der Waals surface area contributed by atoms with Crippen molar-refractivity contribution in [1.82, 2.24) is 19.9 Å². The molecule has 0 amide bonds. The summed E-state index contributed by atoms with van der Waals surface area (Å²) in [6.45, 7) is 16.9. The van der Waals surface area contributed by atoms with E-state index in [-0.39, 0.29) is 51.5 Å². The second-order valence-corrected chi connectivity index (χ2v) is 10.1. The van der Waals surface area contributed by atoms with Gasteiger partial charge in [-0.3, -0.25) is 9.97 Å². The van der Waals surface area contributed by atoms with Gasteiger partial charge in [0.1, 0.15) is 0 Å². The van der Waals surface area contributed by atoms with E-state index in [4.69, 9.17) is 13.1 Å². The van der Waals surface area contributed by atoms with Gasteiger partial charge in [0.2, 0.25) is 0 Å². The van der Waals surface area contributed by atoms with Gasteiger partial charge in [-0.05, 0) is 18.1 Å². The summed E-state index contributed by atoms with van der Waals surface area (Å²) < 4.78 is 64.0. The number of aryl methyl sites for hydroxylation is 1. The fourth-order valence-electron chi connectivity index (χ4n) is 4.67. The highest BCUT2D eigenvalue weighted by molar-refractivity contribution is 7.92. The quantitative estimate of drug-likeness (QED) is 0.300. The average Bonchev–Trinajstić information content (AvgIpc) is 3.43. The van der Waals surface area contributed by atoms with Gasteiger partial charge in [-0.2, -0.15) is 13.2 Å². The normalized spacial score (nSPS) is 14.5. The van der Waals surface area contributed by atoms with Gasteiger partial charge in [0, 0.05) is 40.6 Å². The Bertz CT molecular complexity index is 2010. The minimum atomic E-state index is -5.87. The maximum Gasteiger partial charge on any atom is 0.503 e. The Labute approximate surface area is 212 Å². The van der Waals surface area contributed by atoms with Crippen LogP contribution >= 0.6 is 0 Å². The van der Waals surface area contributed by atoms with Gasteiger partial charge in [0.05, 0.1) is 59.9 Å². The van der Waals surface area contributed by atoms with Crippen LogP contribution < -0.4 is 10.4 Å². The van der Waals surface area contributed by atoms with Crippen molar-refractivity contribution in [3.63, 3.8) is 0 Å². The van der Waals surface area contributed by atoms with E-state index in [0.717, 1.165) is 0 Å².